The molecule has 9 nitrogen and oxygen atoms in total. The lowest BCUT2D eigenvalue weighted by Crippen LogP contribution is -2.33. The number of nitrogens with one attached hydrogen (secondary N) is 1. The normalized spacial score (nSPS) is 10.7. The maximum absolute atomic E-state index is 12.4. The van der Waals surface area contributed by atoms with Crippen LogP contribution in [0.4, 0.5) is 17.3 Å². The fourth-order valence-corrected chi connectivity index (χ4v) is 3.30. The van der Waals surface area contributed by atoms with Crippen molar-refractivity contribution in [2.45, 2.75) is 6.92 Å². The summed E-state index contributed by atoms with van der Waals surface area (Å²) in [4.78, 5) is 29.8. The van der Waals surface area contributed by atoms with E-state index in [1.165, 1.54) is 22.8 Å². The van der Waals surface area contributed by atoms with Crippen molar-refractivity contribution in [1.82, 2.24) is 9.38 Å². The predicted octanol–water partition coefficient (Wildman–Crippen LogP) is 2.78. The van der Waals surface area contributed by atoms with Crippen molar-refractivity contribution in [1.29, 1.82) is 0 Å². The number of methoxy groups -OCH3 is 1. The number of likely N-dealkylation sites (N-methyl/N-ethyl adjacent to an activating group) is 1. The minimum Gasteiger partial charge on any atom is -0.495 e. The molecule has 0 radical (unpaired) electrons. The highest BCUT2D eigenvalue weighted by Crippen LogP contribution is 2.31. The van der Waals surface area contributed by atoms with Gasteiger partial charge in [0.2, 0.25) is 11.7 Å². The number of carbonyl (C=O) groups excluding carboxylic acids is 1. The summed E-state index contributed by atoms with van der Waals surface area (Å²) in [7, 11) is 1.52. The van der Waals surface area contributed by atoms with Crippen molar-refractivity contribution >= 4 is 39.5 Å². The van der Waals surface area contributed by atoms with Crippen LogP contribution in [0.5, 0.6) is 5.75 Å². The predicted molar refractivity (Wildman–Crippen MR) is 99.2 cm³/mol. The number of hydrogen-bond acceptors (Lipinski definition) is 7. The zero-order valence-electron chi connectivity index (χ0n) is 14.2. The quantitative estimate of drug-likeness (QED) is 0.503. The van der Waals surface area contributed by atoms with Gasteiger partial charge in [-0.3, -0.25) is 4.79 Å². The molecule has 0 saturated carbocycles. The summed E-state index contributed by atoms with van der Waals surface area (Å²) in [6.07, 6.45) is 1.59. The Morgan fingerprint density at radius 1 is 1.46 bits per heavy atom. The monoisotopic (exact) mass is 375 g/mol. The SMILES string of the molecule is CCN(CC(=O)Nc1ccccc1OC)c1nc2sccn2c1[N+](=O)[O-]. The number of imidazole rings is 1. The third-order valence-corrected chi connectivity index (χ3v) is 4.55. The molecule has 3 rings (SSSR count). The number of ether oxygens (including phenoxy) is 1. The second kappa shape index (κ2) is 7.40. The topological polar surface area (TPSA) is 102 Å². The molecule has 0 aliphatic rings. The molecule has 1 N–H and O–H groups in total. The first-order valence-electron chi connectivity index (χ1n) is 7.83. The second-order valence-corrected chi connectivity index (χ2v) is 6.21. The molecule has 1 amide bonds. The minimum atomic E-state index is -0.483. The molecule has 136 valence electrons. The summed E-state index contributed by atoms with van der Waals surface area (Å²) < 4.78 is 6.63. The maximum atomic E-state index is 12.4. The molecule has 0 aliphatic carbocycles. The molecule has 26 heavy (non-hydrogen) atoms. The van der Waals surface area contributed by atoms with Gasteiger partial charge in [-0.1, -0.05) is 23.5 Å². The van der Waals surface area contributed by atoms with Crippen molar-refractivity contribution in [3.63, 3.8) is 0 Å². The molecular formula is C16H17N5O4S. The summed E-state index contributed by atoms with van der Waals surface area (Å²) >= 11 is 1.30. The number of benzene rings is 1. The van der Waals surface area contributed by atoms with Gasteiger partial charge in [-0.2, -0.15) is 9.38 Å². The highest BCUT2D eigenvalue weighted by molar-refractivity contribution is 7.15. The lowest BCUT2D eigenvalue weighted by Gasteiger charge is -2.19. The zero-order chi connectivity index (χ0) is 18.7. The number of carbonyl (C=O) groups is 1. The average Bonchev–Trinajstić information content (AvgIpc) is 3.20. The Labute approximate surface area is 153 Å². The van der Waals surface area contributed by atoms with E-state index in [-0.39, 0.29) is 24.1 Å². The van der Waals surface area contributed by atoms with Gasteiger partial charge in [0.25, 0.3) is 4.96 Å². The minimum absolute atomic E-state index is 0.0692. The Bertz CT molecular complexity index is 951. The van der Waals surface area contributed by atoms with Crippen molar-refractivity contribution < 1.29 is 14.5 Å². The molecule has 0 fully saturated rings. The number of nitrogens with zero attached hydrogens (tertiary/aromatic N) is 4. The molecule has 1 aromatic carbocycles. The second-order valence-electron chi connectivity index (χ2n) is 5.33. The molecule has 0 atom stereocenters. The van der Waals surface area contributed by atoms with Gasteiger partial charge in [0, 0.05) is 11.9 Å². The third kappa shape index (κ3) is 3.31. The molecule has 0 bridgehead atoms. The molecule has 0 unspecified atom stereocenters. The van der Waals surface area contributed by atoms with Crippen molar-refractivity contribution in [2.75, 3.05) is 30.4 Å². The van der Waals surface area contributed by atoms with Crippen molar-refractivity contribution in [3.8, 4) is 5.75 Å². The first kappa shape index (κ1) is 17.7. The van der Waals surface area contributed by atoms with Crippen LogP contribution in [0.1, 0.15) is 6.92 Å². The maximum Gasteiger partial charge on any atom is 0.373 e. The number of rotatable bonds is 7. The van der Waals surface area contributed by atoms with Crippen LogP contribution in [-0.4, -0.2) is 40.4 Å². The molecule has 2 heterocycles. The van der Waals surface area contributed by atoms with E-state index in [1.807, 2.05) is 6.92 Å². The molecule has 3 aromatic rings. The van der Waals surface area contributed by atoms with Gasteiger partial charge in [-0.25, -0.2) is 0 Å². The molecule has 10 heteroatoms. The average molecular weight is 375 g/mol. The first-order chi connectivity index (χ1) is 12.5. The van der Waals surface area contributed by atoms with Crippen LogP contribution in [0.15, 0.2) is 35.8 Å². The summed E-state index contributed by atoms with van der Waals surface area (Å²) in [6, 6.07) is 7.04. The van der Waals surface area contributed by atoms with Gasteiger partial charge >= 0.3 is 5.82 Å². The fraction of sp³-hybridized carbons (Fsp3) is 0.250. The largest absolute Gasteiger partial charge is 0.495 e. The van der Waals surface area contributed by atoms with E-state index in [2.05, 4.69) is 10.3 Å². The van der Waals surface area contributed by atoms with E-state index in [1.54, 1.807) is 40.7 Å². The van der Waals surface area contributed by atoms with E-state index in [0.717, 1.165) is 0 Å². The number of para-hydroxylation sites is 2. The van der Waals surface area contributed by atoms with E-state index >= 15 is 0 Å². The van der Waals surface area contributed by atoms with E-state index in [0.29, 0.717) is 22.9 Å². The van der Waals surface area contributed by atoms with Gasteiger partial charge in [-0.15, -0.1) is 0 Å². The zero-order valence-corrected chi connectivity index (χ0v) is 15.0. The molecule has 2 aromatic heterocycles. The summed E-state index contributed by atoms with van der Waals surface area (Å²) in [5.74, 6) is 0.257. The highest BCUT2D eigenvalue weighted by atomic mass is 32.1. The Morgan fingerprint density at radius 2 is 2.23 bits per heavy atom. The Balaban J connectivity index is 1.84. The van der Waals surface area contributed by atoms with Crippen LogP contribution < -0.4 is 15.0 Å². The smallest absolute Gasteiger partial charge is 0.373 e. The molecular weight excluding hydrogens is 358 g/mol. The number of aromatic nitrogens is 2. The van der Waals surface area contributed by atoms with Crippen LogP contribution in [0.25, 0.3) is 4.96 Å². The van der Waals surface area contributed by atoms with Gasteiger partial charge in [-0.05, 0) is 24.0 Å². The first-order valence-corrected chi connectivity index (χ1v) is 8.70. The van der Waals surface area contributed by atoms with Crippen LogP contribution in [-0.2, 0) is 4.79 Å². The van der Waals surface area contributed by atoms with Crippen molar-refractivity contribution in [2.24, 2.45) is 0 Å². The van der Waals surface area contributed by atoms with E-state index in [4.69, 9.17) is 4.74 Å². The van der Waals surface area contributed by atoms with Crippen LogP contribution in [0, 0.1) is 10.1 Å². The standard InChI is InChI=1S/C16H17N5O4S/c1-3-19(10-13(22)17-11-6-4-5-7-12(11)25-2)14-15(21(23)24)20-8-9-26-16(20)18-14/h4-9H,3,10H2,1-2H3,(H,17,22). The van der Waals surface area contributed by atoms with Crippen LogP contribution in [0.2, 0.25) is 0 Å². The third-order valence-electron chi connectivity index (χ3n) is 3.79. The number of hydrogen-bond donors (Lipinski definition) is 1. The molecule has 0 saturated heterocycles. The molecule has 0 spiro atoms. The van der Waals surface area contributed by atoms with Gasteiger partial charge < -0.3 is 25.1 Å². The number of nitro groups is 1. The lowest BCUT2D eigenvalue weighted by atomic mass is 10.3. The number of anilines is 2. The van der Waals surface area contributed by atoms with Gasteiger partial charge in [0.15, 0.2) is 0 Å². The van der Waals surface area contributed by atoms with E-state index < -0.39 is 4.92 Å². The van der Waals surface area contributed by atoms with Crippen LogP contribution >= 0.6 is 11.3 Å². The van der Waals surface area contributed by atoms with E-state index in [9.17, 15) is 14.9 Å². The Kier molecular flexibility index (Phi) is 5.03. The lowest BCUT2D eigenvalue weighted by molar-refractivity contribution is -0.389. The van der Waals surface area contributed by atoms with Crippen LogP contribution in [0.3, 0.4) is 0 Å². The summed E-state index contributed by atoms with van der Waals surface area (Å²) in [5, 5.41) is 16.0. The molecule has 0 aliphatic heterocycles. The van der Waals surface area contributed by atoms with Crippen molar-refractivity contribution in [3.05, 3.63) is 46.0 Å². The number of fused-ring (bicyclic) bond motifs is 1. The fourth-order valence-electron chi connectivity index (χ4n) is 2.59. The highest BCUT2D eigenvalue weighted by Gasteiger charge is 2.28. The Morgan fingerprint density at radius 3 is 2.92 bits per heavy atom. The number of thiazole rings is 1. The van der Waals surface area contributed by atoms with Gasteiger partial charge in [0.1, 0.15) is 11.9 Å². The number of amides is 1. The summed E-state index contributed by atoms with van der Waals surface area (Å²) in [6.45, 7) is 2.14. The summed E-state index contributed by atoms with van der Waals surface area (Å²) in [5.41, 5.74) is 0.538. The Hall–Kier alpha value is -3.14. The van der Waals surface area contributed by atoms with Gasteiger partial charge in [0.05, 0.1) is 19.3 Å².